The van der Waals surface area contributed by atoms with Gasteiger partial charge < -0.3 is 0 Å². The number of carbonyl (C=O) groups is 2. The summed E-state index contributed by atoms with van der Waals surface area (Å²) in [5, 5.41) is 6.49. The number of urea groups is 2. The lowest BCUT2D eigenvalue weighted by Gasteiger charge is -2.11. The summed E-state index contributed by atoms with van der Waals surface area (Å²) < 4.78 is 0. The number of hydrogen-bond acceptors (Lipinski definition) is 2. The van der Waals surface area contributed by atoms with Crippen molar-refractivity contribution in [1.82, 2.24) is 0 Å². The largest absolute Gasteiger partial charge is 0.375 e. The summed E-state index contributed by atoms with van der Waals surface area (Å²) in [6.45, 7) is 2.22. The van der Waals surface area contributed by atoms with E-state index in [0.717, 1.165) is 11.3 Å². The quantitative estimate of drug-likeness (QED) is 0.624. The van der Waals surface area contributed by atoms with Crippen molar-refractivity contribution in [2.24, 2.45) is 10.2 Å². The van der Waals surface area contributed by atoms with Gasteiger partial charge in [0.25, 0.3) is 0 Å². The molecule has 4 amide bonds. The van der Waals surface area contributed by atoms with Crippen LogP contribution in [-0.4, -0.2) is 12.1 Å². The van der Waals surface area contributed by atoms with Crippen LogP contribution < -0.4 is 4.90 Å². The molecule has 2 rings (SSSR count). The molecule has 0 saturated heterocycles. The summed E-state index contributed by atoms with van der Waals surface area (Å²) in [7, 11) is 0. The Bertz CT molecular complexity index is 505. The van der Waals surface area contributed by atoms with E-state index in [1.165, 1.54) is 44.1 Å². The van der Waals surface area contributed by atoms with Crippen molar-refractivity contribution in [1.29, 1.82) is 0 Å². The molecule has 0 aromatic heterocycles. The minimum Gasteiger partial charge on any atom is -0.243 e. The minimum atomic E-state index is -0.622. The Hall–Kier alpha value is -2.04. The predicted molar refractivity (Wildman–Crippen MR) is 81.6 cm³/mol. The van der Waals surface area contributed by atoms with Crippen LogP contribution in [0.15, 0.2) is 34.5 Å². The maximum absolute atomic E-state index is 11.4. The number of anilines is 1. The summed E-state index contributed by atoms with van der Waals surface area (Å²) in [4.78, 5) is 23.8. The number of carbonyl (C=O) groups excluding carboxylic acids is 2. The van der Waals surface area contributed by atoms with Gasteiger partial charge in [-0.25, -0.2) is 14.5 Å². The van der Waals surface area contributed by atoms with Crippen LogP contribution in [0.1, 0.15) is 51.0 Å². The number of amides is 4. The summed E-state index contributed by atoms with van der Waals surface area (Å²) in [6.07, 6.45) is 8.67. The molecule has 0 atom stereocenters. The van der Waals surface area contributed by atoms with E-state index in [2.05, 4.69) is 17.2 Å². The molecule has 0 saturated carbocycles. The van der Waals surface area contributed by atoms with E-state index in [4.69, 9.17) is 0 Å². The van der Waals surface area contributed by atoms with E-state index in [1.807, 2.05) is 12.1 Å². The maximum Gasteiger partial charge on any atom is 0.375 e. The lowest BCUT2D eigenvalue weighted by atomic mass is 10.0. The van der Waals surface area contributed by atoms with Gasteiger partial charge in [-0.15, -0.1) is 0 Å². The van der Waals surface area contributed by atoms with Gasteiger partial charge in [0, 0.05) is 0 Å². The standard InChI is InChI=1S/C16H21N3O2/c1-2-3-4-5-6-7-8-13-9-11-14(12-10-13)19-15(20)17-18-16(19)21/h9-12H,2-8H2,1H3. The molecule has 21 heavy (non-hydrogen) atoms. The molecular weight excluding hydrogens is 266 g/mol. The molecule has 5 nitrogen and oxygen atoms in total. The average molecular weight is 287 g/mol. The molecule has 0 spiro atoms. The van der Waals surface area contributed by atoms with Gasteiger partial charge in [0.2, 0.25) is 0 Å². The Labute approximate surface area is 125 Å². The number of azo groups is 1. The van der Waals surface area contributed by atoms with Crippen LogP contribution in [0.25, 0.3) is 0 Å². The van der Waals surface area contributed by atoms with Crippen molar-refractivity contribution in [3.8, 4) is 0 Å². The van der Waals surface area contributed by atoms with Gasteiger partial charge in [-0.3, -0.25) is 0 Å². The number of hydrogen-bond donors (Lipinski definition) is 0. The van der Waals surface area contributed by atoms with Crippen LogP contribution in [0.5, 0.6) is 0 Å². The summed E-state index contributed by atoms with van der Waals surface area (Å²) in [5.41, 5.74) is 1.75. The average Bonchev–Trinajstić information content (AvgIpc) is 2.83. The van der Waals surface area contributed by atoms with Crippen molar-refractivity contribution >= 4 is 17.7 Å². The molecule has 1 aliphatic rings. The van der Waals surface area contributed by atoms with Gasteiger partial charge in [0.15, 0.2) is 0 Å². The third-order valence-corrected chi connectivity index (χ3v) is 3.62. The highest BCUT2D eigenvalue weighted by atomic mass is 16.2. The van der Waals surface area contributed by atoms with Crippen molar-refractivity contribution < 1.29 is 9.59 Å². The van der Waals surface area contributed by atoms with Crippen molar-refractivity contribution in [3.63, 3.8) is 0 Å². The minimum absolute atomic E-state index is 0.529. The Morgan fingerprint density at radius 3 is 2.05 bits per heavy atom. The van der Waals surface area contributed by atoms with Crippen molar-refractivity contribution in [2.45, 2.75) is 51.9 Å². The molecule has 0 fully saturated rings. The zero-order valence-corrected chi connectivity index (χ0v) is 12.4. The van der Waals surface area contributed by atoms with E-state index >= 15 is 0 Å². The number of aryl methyl sites for hydroxylation is 1. The second-order valence-corrected chi connectivity index (χ2v) is 5.28. The Balaban J connectivity index is 1.80. The third kappa shape index (κ3) is 4.21. The third-order valence-electron chi connectivity index (χ3n) is 3.62. The molecule has 0 unspecified atom stereocenters. The van der Waals surface area contributed by atoms with Gasteiger partial charge in [-0.2, -0.15) is 0 Å². The molecule has 1 heterocycles. The molecule has 1 aromatic carbocycles. The highest BCUT2D eigenvalue weighted by molar-refractivity contribution is 6.17. The van der Waals surface area contributed by atoms with Gasteiger partial charge in [0.1, 0.15) is 0 Å². The zero-order chi connectivity index (χ0) is 15.1. The maximum atomic E-state index is 11.4. The van der Waals surface area contributed by atoms with Crippen LogP contribution in [0.2, 0.25) is 0 Å². The molecule has 0 bridgehead atoms. The zero-order valence-electron chi connectivity index (χ0n) is 12.4. The van der Waals surface area contributed by atoms with Gasteiger partial charge in [-0.05, 0) is 30.5 Å². The second kappa shape index (κ2) is 7.67. The van der Waals surface area contributed by atoms with E-state index in [9.17, 15) is 9.59 Å². The molecule has 0 aliphatic carbocycles. The molecule has 1 aliphatic heterocycles. The van der Waals surface area contributed by atoms with Crippen LogP contribution >= 0.6 is 0 Å². The normalized spacial score (nSPS) is 14.2. The predicted octanol–water partition coefficient (Wildman–Crippen LogP) is 5.10. The first-order chi connectivity index (χ1) is 10.2. The fourth-order valence-corrected chi connectivity index (χ4v) is 2.40. The lowest BCUT2D eigenvalue weighted by Crippen LogP contribution is -2.27. The van der Waals surface area contributed by atoms with Crippen LogP contribution in [0.4, 0.5) is 15.3 Å². The number of benzene rings is 1. The summed E-state index contributed by atoms with van der Waals surface area (Å²) >= 11 is 0. The molecule has 0 radical (unpaired) electrons. The van der Waals surface area contributed by atoms with Crippen LogP contribution in [0.3, 0.4) is 0 Å². The lowest BCUT2D eigenvalue weighted by molar-refractivity contribution is 0.249. The van der Waals surface area contributed by atoms with Gasteiger partial charge >= 0.3 is 12.1 Å². The van der Waals surface area contributed by atoms with E-state index in [1.54, 1.807) is 12.1 Å². The first-order valence-corrected chi connectivity index (χ1v) is 7.61. The fourth-order valence-electron chi connectivity index (χ4n) is 2.40. The first-order valence-electron chi connectivity index (χ1n) is 7.61. The van der Waals surface area contributed by atoms with Crippen molar-refractivity contribution in [2.75, 3.05) is 4.90 Å². The van der Waals surface area contributed by atoms with E-state index < -0.39 is 12.1 Å². The van der Waals surface area contributed by atoms with Crippen molar-refractivity contribution in [3.05, 3.63) is 29.8 Å². The highest BCUT2D eigenvalue weighted by Crippen LogP contribution is 2.21. The second-order valence-electron chi connectivity index (χ2n) is 5.28. The number of rotatable bonds is 8. The fraction of sp³-hybridized carbons (Fsp3) is 0.500. The Morgan fingerprint density at radius 1 is 0.857 bits per heavy atom. The summed E-state index contributed by atoms with van der Waals surface area (Å²) in [5.74, 6) is 0. The van der Waals surface area contributed by atoms with Crippen LogP contribution in [-0.2, 0) is 6.42 Å². The summed E-state index contributed by atoms with van der Waals surface area (Å²) in [6, 6.07) is 6.23. The number of imide groups is 1. The molecule has 0 N–H and O–H groups in total. The Kier molecular flexibility index (Phi) is 5.60. The molecular formula is C16H21N3O2. The highest BCUT2D eigenvalue weighted by Gasteiger charge is 2.28. The Morgan fingerprint density at radius 2 is 1.43 bits per heavy atom. The monoisotopic (exact) mass is 287 g/mol. The van der Waals surface area contributed by atoms with E-state index in [0.29, 0.717) is 5.69 Å². The molecule has 5 heteroatoms. The van der Waals surface area contributed by atoms with E-state index in [-0.39, 0.29) is 0 Å². The van der Waals surface area contributed by atoms with Gasteiger partial charge in [0.05, 0.1) is 5.69 Å². The smallest absolute Gasteiger partial charge is 0.243 e. The van der Waals surface area contributed by atoms with Crippen LogP contribution in [0, 0.1) is 0 Å². The molecule has 112 valence electrons. The molecule has 1 aromatic rings. The topological polar surface area (TPSA) is 62.1 Å². The number of unbranched alkanes of at least 4 members (excludes halogenated alkanes) is 5. The van der Waals surface area contributed by atoms with Gasteiger partial charge in [-0.1, -0.05) is 61.4 Å². The number of nitrogens with zero attached hydrogens (tertiary/aromatic N) is 3. The first kappa shape index (κ1) is 15.4. The SMILES string of the molecule is CCCCCCCCc1ccc(N2C(=O)N=NC2=O)cc1.